The van der Waals surface area contributed by atoms with Crippen molar-refractivity contribution in [2.75, 3.05) is 13.1 Å². The number of benzene rings is 2. The number of aromatic amines is 1. The van der Waals surface area contributed by atoms with E-state index in [1.807, 2.05) is 47.4 Å². The van der Waals surface area contributed by atoms with E-state index in [2.05, 4.69) is 27.4 Å². The van der Waals surface area contributed by atoms with Gasteiger partial charge in [0.15, 0.2) is 0 Å². The van der Waals surface area contributed by atoms with Crippen molar-refractivity contribution in [2.45, 2.75) is 25.3 Å². The van der Waals surface area contributed by atoms with Crippen molar-refractivity contribution in [3.8, 4) is 0 Å². The molecule has 2 heterocycles. The number of H-pyrrole nitrogens is 1. The predicted molar refractivity (Wildman–Crippen MR) is 98.3 cm³/mol. The van der Waals surface area contributed by atoms with Crippen LogP contribution in [0.3, 0.4) is 0 Å². The number of carbonyl (C=O) groups is 1. The van der Waals surface area contributed by atoms with Crippen molar-refractivity contribution in [1.82, 2.24) is 20.2 Å². The SMILES string of the molecule is O=C(NCCc1ccccc1)N1CCC[C@@H]1c1nc2ccccc2[nH]1. The Kier molecular flexibility index (Phi) is 4.37. The molecule has 1 saturated heterocycles. The van der Waals surface area contributed by atoms with Gasteiger partial charge < -0.3 is 15.2 Å². The lowest BCUT2D eigenvalue weighted by molar-refractivity contribution is 0.191. The van der Waals surface area contributed by atoms with E-state index in [1.54, 1.807) is 0 Å². The fourth-order valence-electron chi connectivity index (χ4n) is 3.48. The third kappa shape index (κ3) is 3.36. The number of aromatic nitrogens is 2. The number of amides is 2. The van der Waals surface area contributed by atoms with Crippen LogP contribution in [0.15, 0.2) is 54.6 Å². The van der Waals surface area contributed by atoms with Gasteiger partial charge in [-0.2, -0.15) is 0 Å². The minimum atomic E-state index is -0.00103. The summed E-state index contributed by atoms with van der Waals surface area (Å²) in [4.78, 5) is 22.6. The Labute approximate surface area is 147 Å². The quantitative estimate of drug-likeness (QED) is 0.765. The van der Waals surface area contributed by atoms with Gasteiger partial charge >= 0.3 is 6.03 Å². The molecule has 0 aliphatic carbocycles. The first-order chi connectivity index (χ1) is 12.3. The van der Waals surface area contributed by atoms with Crippen LogP contribution in [-0.2, 0) is 6.42 Å². The molecular weight excluding hydrogens is 312 g/mol. The van der Waals surface area contributed by atoms with Crippen molar-refractivity contribution in [3.05, 3.63) is 66.0 Å². The summed E-state index contributed by atoms with van der Waals surface area (Å²) < 4.78 is 0. The third-order valence-corrected chi connectivity index (χ3v) is 4.77. The van der Waals surface area contributed by atoms with Crippen molar-refractivity contribution in [3.63, 3.8) is 0 Å². The first-order valence-electron chi connectivity index (χ1n) is 8.84. The van der Waals surface area contributed by atoms with Gasteiger partial charge in [-0.15, -0.1) is 0 Å². The number of imidazole rings is 1. The zero-order valence-electron chi connectivity index (χ0n) is 14.1. The summed E-state index contributed by atoms with van der Waals surface area (Å²) in [6.07, 6.45) is 2.80. The molecule has 0 unspecified atom stereocenters. The molecule has 5 heteroatoms. The number of hydrogen-bond donors (Lipinski definition) is 2. The summed E-state index contributed by atoms with van der Waals surface area (Å²) in [5, 5.41) is 3.05. The molecule has 1 aliphatic rings. The number of para-hydroxylation sites is 2. The van der Waals surface area contributed by atoms with Crippen LogP contribution < -0.4 is 5.32 Å². The number of urea groups is 1. The molecule has 1 aliphatic heterocycles. The largest absolute Gasteiger partial charge is 0.340 e. The summed E-state index contributed by atoms with van der Waals surface area (Å²) in [5.41, 5.74) is 3.21. The van der Waals surface area contributed by atoms with E-state index >= 15 is 0 Å². The average Bonchev–Trinajstić information content (AvgIpc) is 3.29. The van der Waals surface area contributed by atoms with Gasteiger partial charge in [0.2, 0.25) is 0 Å². The molecule has 128 valence electrons. The molecule has 2 aromatic carbocycles. The Hall–Kier alpha value is -2.82. The van der Waals surface area contributed by atoms with Crippen molar-refractivity contribution >= 4 is 17.1 Å². The van der Waals surface area contributed by atoms with Gasteiger partial charge in [-0.3, -0.25) is 0 Å². The number of nitrogens with one attached hydrogen (secondary N) is 2. The highest BCUT2D eigenvalue weighted by molar-refractivity contribution is 5.77. The Balaban J connectivity index is 1.41. The lowest BCUT2D eigenvalue weighted by atomic mass is 10.1. The van der Waals surface area contributed by atoms with Crippen molar-refractivity contribution in [2.24, 2.45) is 0 Å². The van der Waals surface area contributed by atoms with E-state index in [4.69, 9.17) is 0 Å². The van der Waals surface area contributed by atoms with Gasteiger partial charge in [0.05, 0.1) is 17.1 Å². The number of hydrogen-bond acceptors (Lipinski definition) is 2. The van der Waals surface area contributed by atoms with E-state index in [9.17, 15) is 4.79 Å². The zero-order chi connectivity index (χ0) is 17.1. The molecule has 0 radical (unpaired) electrons. The maximum atomic E-state index is 12.6. The van der Waals surface area contributed by atoms with Crippen LogP contribution in [0.25, 0.3) is 11.0 Å². The maximum absolute atomic E-state index is 12.6. The van der Waals surface area contributed by atoms with Gasteiger partial charge in [-0.25, -0.2) is 9.78 Å². The standard InChI is InChI=1S/C20H22N4O/c25-20(21-13-12-15-7-2-1-3-8-15)24-14-6-11-18(24)19-22-16-9-4-5-10-17(16)23-19/h1-5,7-10,18H,6,11-14H2,(H,21,25)(H,22,23)/t18-/m1/s1. The minimum absolute atomic E-state index is 0.00103. The number of rotatable bonds is 4. The van der Waals surface area contributed by atoms with E-state index in [0.717, 1.165) is 42.7 Å². The van der Waals surface area contributed by atoms with Gasteiger partial charge in [0.1, 0.15) is 5.82 Å². The first-order valence-corrected chi connectivity index (χ1v) is 8.84. The van der Waals surface area contributed by atoms with Crippen molar-refractivity contribution in [1.29, 1.82) is 0 Å². The van der Waals surface area contributed by atoms with Gasteiger partial charge in [0, 0.05) is 13.1 Å². The fraction of sp³-hybridized carbons (Fsp3) is 0.300. The van der Waals surface area contributed by atoms with E-state index in [-0.39, 0.29) is 12.1 Å². The lowest BCUT2D eigenvalue weighted by Gasteiger charge is -2.23. The molecular formula is C20H22N4O. The highest BCUT2D eigenvalue weighted by Gasteiger charge is 2.31. The summed E-state index contributed by atoms with van der Waals surface area (Å²) in [6, 6.07) is 18.2. The molecule has 3 aromatic rings. The van der Waals surface area contributed by atoms with Crippen LogP contribution in [0, 0.1) is 0 Å². The molecule has 0 spiro atoms. The lowest BCUT2D eigenvalue weighted by Crippen LogP contribution is -2.40. The molecule has 0 saturated carbocycles. The molecule has 4 rings (SSSR count). The van der Waals surface area contributed by atoms with Gasteiger partial charge in [-0.05, 0) is 37.0 Å². The normalized spacial score (nSPS) is 17.1. The Bertz CT molecular complexity index is 825. The van der Waals surface area contributed by atoms with Crippen LogP contribution in [0.5, 0.6) is 0 Å². The molecule has 2 N–H and O–H groups in total. The highest BCUT2D eigenvalue weighted by Crippen LogP contribution is 2.31. The second-order valence-corrected chi connectivity index (χ2v) is 6.46. The van der Waals surface area contributed by atoms with E-state index in [0.29, 0.717) is 6.54 Å². The third-order valence-electron chi connectivity index (χ3n) is 4.77. The second-order valence-electron chi connectivity index (χ2n) is 6.46. The molecule has 0 bridgehead atoms. The predicted octanol–water partition coefficient (Wildman–Crippen LogP) is 3.65. The molecule has 25 heavy (non-hydrogen) atoms. The maximum Gasteiger partial charge on any atom is 0.318 e. The van der Waals surface area contributed by atoms with Crippen LogP contribution in [0.1, 0.15) is 30.3 Å². The summed E-state index contributed by atoms with van der Waals surface area (Å²) >= 11 is 0. The fourth-order valence-corrected chi connectivity index (χ4v) is 3.48. The zero-order valence-corrected chi connectivity index (χ0v) is 14.1. The molecule has 5 nitrogen and oxygen atoms in total. The van der Waals surface area contributed by atoms with Crippen LogP contribution in [0.2, 0.25) is 0 Å². The van der Waals surface area contributed by atoms with Gasteiger partial charge in [-0.1, -0.05) is 42.5 Å². The number of fused-ring (bicyclic) bond motifs is 1. The highest BCUT2D eigenvalue weighted by atomic mass is 16.2. The smallest absolute Gasteiger partial charge is 0.318 e. The topological polar surface area (TPSA) is 61.0 Å². The second kappa shape index (κ2) is 6.97. The average molecular weight is 334 g/mol. The molecule has 1 fully saturated rings. The summed E-state index contributed by atoms with van der Waals surface area (Å²) in [6.45, 7) is 1.42. The summed E-state index contributed by atoms with van der Waals surface area (Å²) in [7, 11) is 0. The molecule has 2 amide bonds. The minimum Gasteiger partial charge on any atom is -0.340 e. The van der Waals surface area contributed by atoms with Crippen LogP contribution in [-0.4, -0.2) is 34.0 Å². The van der Waals surface area contributed by atoms with E-state index in [1.165, 1.54) is 5.56 Å². The summed E-state index contributed by atoms with van der Waals surface area (Å²) in [5.74, 6) is 0.886. The Morgan fingerprint density at radius 2 is 1.96 bits per heavy atom. The molecule has 1 aromatic heterocycles. The van der Waals surface area contributed by atoms with E-state index < -0.39 is 0 Å². The number of nitrogens with zero attached hydrogens (tertiary/aromatic N) is 2. The Morgan fingerprint density at radius 3 is 2.80 bits per heavy atom. The first kappa shape index (κ1) is 15.7. The number of carbonyl (C=O) groups excluding carboxylic acids is 1. The molecule has 1 atom stereocenters. The van der Waals surface area contributed by atoms with Crippen LogP contribution >= 0.6 is 0 Å². The monoisotopic (exact) mass is 334 g/mol. The Morgan fingerprint density at radius 1 is 1.16 bits per heavy atom. The van der Waals surface area contributed by atoms with Gasteiger partial charge in [0.25, 0.3) is 0 Å². The van der Waals surface area contributed by atoms with Crippen molar-refractivity contribution < 1.29 is 4.79 Å². The number of likely N-dealkylation sites (tertiary alicyclic amines) is 1. The van der Waals surface area contributed by atoms with Crippen LogP contribution in [0.4, 0.5) is 4.79 Å².